The van der Waals surface area contributed by atoms with Crippen LogP contribution in [0, 0.1) is 5.82 Å². The van der Waals surface area contributed by atoms with Gasteiger partial charge >= 0.3 is 0 Å². The van der Waals surface area contributed by atoms with Gasteiger partial charge in [0.2, 0.25) is 0 Å². The van der Waals surface area contributed by atoms with Gasteiger partial charge in [0, 0.05) is 12.6 Å². The Morgan fingerprint density at radius 2 is 1.94 bits per heavy atom. The van der Waals surface area contributed by atoms with Crippen molar-refractivity contribution in [1.29, 1.82) is 0 Å². The van der Waals surface area contributed by atoms with E-state index in [4.69, 9.17) is 0 Å². The summed E-state index contributed by atoms with van der Waals surface area (Å²) in [6.45, 7) is 0. The lowest BCUT2D eigenvalue weighted by Gasteiger charge is -1.93. The summed E-state index contributed by atoms with van der Waals surface area (Å²) in [4.78, 5) is 4.10. The van der Waals surface area contributed by atoms with Crippen molar-refractivity contribution in [1.82, 2.24) is 14.8 Å². The topological polar surface area (TPSA) is 64.8 Å². The zero-order chi connectivity index (χ0) is 12.4. The smallest absolute Gasteiger partial charge is 0.181 e. The molecule has 0 atom stereocenters. The standard InChI is InChI=1S/C10H10FN3O2S/c1-14-9(6-17(15)16)12-10(13-14)7-2-4-8(11)5-3-7/h2-5,17H,6H2,1H3. The Hall–Kier alpha value is -1.76. The van der Waals surface area contributed by atoms with Crippen LogP contribution >= 0.6 is 0 Å². The summed E-state index contributed by atoms with van der Waals surface area (Å²) in [5, 5.41) is 4.08. The summed E-state index contributed by atoms with van der Waals surface area (Å²) in [5.41, 5.74) is 0.648. The van der Waals surface area contributed by atoms with Crippen molar-refractivity contribution >= 4 is 10.7 Å². The molecule has 0 spiro atoms. The Morgan fingerprint density at radius 3 is 2.53 bits per heavy atom. The molecule has 17 heavy (non-hydrogen) atoms. The molecule has 0 bridgehead atoms. The minimum Gasteiger partial charge on any atom is -0.251 e. The van der Waals surface area contributed by atoms with Crippen molar-refractivity contribution in [2.75, 3.05) is 0 Å². The number of hydrogen-bond donors (Lipinski definition) is 1. The summed E-state index contributed by atoms with van der Waals surface area (Å²) < 4.78 is 35.4. The maximum absolute atomic E-state index is 12.7. The van der Waals surface area contributed by atoms with Gasteiger partial charge in [-0.05, 0) is 24.3 Å². The first-order valence-electron chi connectivity index (χ1n) is 4.84. The molecule has 0 aliphatic rings. The maximum atomic E-state index is 12.7. The lowest BCUT2D eigenvalue weighted by Crippen LogP contribution is -1.99. The van der Waals surface area contributed by atoms with Gasteiger partial charge in [0.05, 0.1) is 0 Å². The molecule has 2 rings (SSSR count). The number of hydrogen-bond acceptors (Lipinski definition) is 4. The van der Waals surface area contributed by atoms with E-state index in [1.165, 1.54) is 16.8 Å². The Kier molecular flexibility index (Phi) is 3.19. The van der Waals surface area contributed by atoms with E-state index in [9.17, 15) is 12.8 Å². The second kappa shape index (κ2) is 4.62. The number of halogens is 1. The lowest BCUT2D eigenvalue weighted by molar-refractivity contribution is 0.609. The minimum absolute atomic E-state index is 0.153. The van der Waals surface area contributed by atoms with Gasteiger partial charge in [-0.1, -0.05) is 0 Å². The fourth-order valence-electron chi connectivity index (χ4n) is 1.39. The molecule has 1 aromatic carbocycles. The number of aromatic nitrogens is 3. The van der Waals surface area contributed by atoms with Crippen LogP contribution in [0.4, 0.5) is 4.39 Å². The highest BCUT2D eigenvalue weighted by atomic mass is 32.2. The van der Waals surface area contributed by atoms with Crippen LogP contribution in [0.1, 0.15) is 5.82 Å². The zero-order valence-electron chi connectivity index (χ0n) is 9.00. The summed E-state index contributed by atoms with van der Waals surface area (Å²) in [7, 11) is -0.918. The van der Waals surface area contributed by atoms with Crippen LogP contribution in [-0.2, 0) is 23.5 Å². The van der Waals surface area contributed by atoms with Gasteiger partial charge in [-0.3, -0.25) is 4.68 Å². The predicted molar refractivity (Wildman–Crippen MR) is 60.4 cm³/mol. The van der Waals surface area contributed by atoms with Crippen LogP contribution < -0.4 is 0 Å². The first kappa shape index (κ1) is 11.7. The van der Waals surface area contributed by atoms with E-state index in [0.717, 1.165) is 0 Å². The molecule has 0 aliphatic carbocycles. The zero-order valence-corrected chi connectivity index (χ0v) is 9.89. The lowest BCUT2D eigenvalue weighted by atomic mass is 10.2. The molecule has 0 aliphatic heterocycles. The van der Waals surface area contributed by atoms with Gasteiger partial charge in [-0.2, -0.15) is 5.10 Å². The number of nitrogens with zero attached hydrogens (tertiary/aromatic N) is 3. The second-order valence-corrected chi connectivity index (χ2v) is 4.45. The fourth-order valence-corrected chi connectivity index (χ4v) is 1.90. The summed E-state index contributed by atoms with van der Waals surface area (Å²) in [6, 6.07) is 5.70. The van der Waals surface area contributed by atoms with E-state index < -0.39 is 10.7 Å². The van der Waals surface area contributed by atoms with Crippen molar-refractivity contribution in [2.24, 2.45) is 7.05 Å². The highest BCUT2D eigenvalue weighted by molar-refractivity contribution is 7.71. The third kappa shape index (κ3) is 2.68. The molecular formula is C10H10FN3O2S. The first-order chi connectivity index (χ1) is 8.06. The summed E-state index contributed by atoms with van der Waals surface area (Å²) in [5.74, 6) is 0.257. The number of aryl methyl sites for hydroxylation is 1. The van der Waals surface area contributed by atoms with Crippen molar-refractivity contribution in [3.05, 3.63) is 35.9 Å². The minimum atomic E-state index is -2.54. The molecule has 90 valence electrons. The molecule has 5 nitrogen and oxygen atoms in total. The maximum Gasteiger partial charge on any atom is 0.181 e. The van der Waals surface area contributed by atoms with Gasteiger partial charge in [0.15, 0.2) is 5.82 Å². The van der Waals surface area contributed by atoms with E-state index >= 15 is 0 Å². The Bertz CT molecular complexity index is 597. The van der Waals surface area contributed by atoms with E-state index in [2.05, 4.69) is 10.1 Å². The first-order valence-corrected chi connectivity index (χ1v) is 6.20. The molecular weight excluding hydrogens is 245 g/mol. The van der Waals surface area contributed by atoms with Gasteiger partial charge < -0.3 is 0 Å². The van der Waals surface area contributed by atoms with Crippen molar-refractivity contribution in [3.8, 4) is 11.4 Å². The fraction of sp³-hybridized carbons (Fsp3) is 0.200. The van der Waals surface area contributed by atoms with Gasteiger partial charge in [0.25, 0.3) is 0 Å². The van der Waals surface area contributed by atoms with E-state index in [0.29, 0.717) is 17.2 Å². The third-order valence-electron chi connectivity index (χ3n) is 2.23. The van der Waals surface area contributed by atoms with Crippen molar-refractivity contribution < 1.29 is 12.8 Å². The molecule has 0 unspecified atom stereocenters. The molecule has 1 heterocycles. The molecule has 7 heteroatoms. The van der Waals surface area contributed by atoms with Crippen LogP contribution in [0.2, 0.25) is 0 Å². The molecule has 0 saturated heterocycles. The molecule has 0 fully saturated rings. The van der Waals surface area contributed by atoms with Gasteiger partial charge in [-0.15, -0.1) is 0 Å². The molecule has 0 amide bonds. The van der Waals surface area contributed by atoms with Gasteiger partial charge in [0.1, 0.15) is 28.1 Å². The van der Waals surface area contributed by atoms with Crippen LogP contribution in [0.15, 0.2) is 24.3 Å². The average Bonchev–Trinajstić information content (AvgIpc) is 2.60. The summed E-state index contributed by atoms with van der Waals surface area (Å²) in [6.07, 6.45) is 0. The van der Waals surface area contributed by atoms with Gasteiger partial charge in [-0.25, -0.2) is 17.8 Å². The van der Waals surface area contributed by atoms with E-state index in [1.807, 2.05) is 0 Å². The molecule has 0 N–H and O–H groups in total. The average molecular weight is 255 g/mol. The molecule has 0 radical (unpaired) electrons. The van der Waals surface area contributed by atoms with Crippen LogP contribution in [0.5, 0.6) is 0 Å². The third-order valence-corrected chi connectivity index (χ3v) is 2.77. The SMILES string of the molecule is Cn1nc(-c2ccc(F)cc2)nc1C[SH](=O)=O. The predicted octanol–water partition coefficient (Wildman–Crippen LogP) is 0.733. The quantitative estimate of drug-likeness (QED) is 0.821. The number of benzene rings is 1. The van der Waals surface area contributed by atoms with Crippen molar-refractivity contribution in [2.45, 2.75) is 5.75 Å². The molecule has 2 aromatic rings. The van der Waals surface area contributed by atoms with Crippen LogP contribution in [-0.4, -0.2) is 23.2 Å². The van der Waals surface area contributed by atoms with Crippen LogP contribution in [0.3, 0.4) is 0 Å². The van der Waals surface area contributed by atoms with E-state index in [1.54, 1.807) is 19.2 Å². The van der Waals surface area contributed by atoms with E-state index in [-0.39, 0.29) is 11.6 Å². The number of rotatable bonds is 3. The Morgan fingerprint density at radius 1 is 1.29 bits per heavy atom. The van der Waals surface area contributed by atoms with Crippen molar-refractivity contribution in [3.63, 3.8) is 0 Å². The largest absolute Gasteiger partial charge is 0.251 e. The van der Waals surface area contributed by atoms with Crippen LogP contribution in [0.25, 0.3) is 11.4 Å². The molecule has 0 saturated carbocycles. The normalized spacial score (nSPS) is 11.0. The summed E-state index contributed by atoms with van der Waals surface area (Å²) >= 11 is 0. The Balaban J connectivity index is 2.37. The molecule has 1 aromatic heterocycles. The highest BCUT2D eigenvalue weighted by Crippen LogP contribution is 2.15. The highest BCUT2D eigenvalue weighted by Gasteiger charge is 2.09. The Labute approximate surface area is 98.9 Å². The number of thiol groups is 1. The monoisotopic (exact) mass is 255 g/mol. The second-order valence-electron chi connectivity index (χ2n) is 3.47.